The number of hydrogen-bond acceptors (Lipinski definition) is 6. The van der Waals surface area contributed by atoms with E-state index in [9.17, 15) is 9.18 Å². The number of halogens is 1. The van der Waals surface area contributed by atoms with Gasteiger partial charge in [0.2, 0.25) is 5.88 Å². The third-order valence-corrected chi connectivity index (χ3v) is 4.36. The first-order valence-electron chi connectivity index (χ1n) is 8.60. The summed E-state index contributed by atoms with van der Waals surface area (Å²) in [6.07, 6.45) is 4.14. The highest BCUT2D eigenvalue weighted by Gasteiger charge is 2.16. The van der Waals surface area contributed by atoms with Crippen molar-refractivity contribution < 1.29 is 19.0 Å². The van der Waals surface area contributed by atoms with Gasteiger partial charge >= 0.3 is 6.09 Å². The number of nitrogens with zero attached hydrogens (tertiary/aromatic N) is 6. The molecule has 0 saturated heterocycles. The second kappa shape index (κ2) is 8.07. The van der Waals surface area contributed by atoms with Crippen molar-refractivity contribution in [2.24, 2.45) is 0 Å². The van der Waals surface area contributed by atoms with E-state index in [-0.39, 0.29) is 5.88 Å². The highest BCUT2D eigenvalue weighted by molar-refractivity contribution is 5.80. The lowest BCUT2D eigenvalue weighted by molar-refractivity contribution is 0.155. The molecule has 3 rings (SSSR count). The van der Waals surface area contributed by atoms with Crippen LogP contribution < -0.4 is 9.64 Å². The number of aromatic nitrogens is 4. The molecule has 0 spiro atoms. The third kappa shape index (κ3) is 3.95. The zero-order valence-electron chi connectivity index (χ0n) is 15.8. The van der Waals surface area contributed by atoms with Crippen molar-refractivity contribution in [3.63, 3.8) is 0 Å². The molecule has 0 fully saturated rings. The van der Waals surface area contributed by atoms with Crippen molar-refractivity contribution in [2.75, 3.05) is 39.2 Å². The van der Waals surface area contributed by atoms with Crippen LogP contribution in [-0.2, 0) is 0 Å². The van der Waals surface area contributed by atoms with Gasteiger partial charge in [0.1, 0.15) is 11.6 Å². The minimum atomic E-state index is -0.955. The van der Waals surface area contributed by atoms with Crippen LogP contribution in [0.2, 0.25) is 0 Å². The summed E-state index contributed by atoms with van der Waals surface area (Å²) in [6, 6.07) is 3.15. The van der Waals surface area contributed by atoms with E-state index in [0.717, 1.165) is 6.20 Å². The maximum atomic E-state index is 13.7. The van der Waals surface area contributed by atoms with Crippen molar-refractivity contribution in [1.82, 2.24) is 24.5 Å². The molecule has 28 heavy (non-hydrogen) atoms. The van der Waals surface area contributed by atoms with Gasteiger partial charge < -0.3 is 19.6 Å². The van der Waals surface area contributed by atoms with E-state index >= 15 is 0 Å². The summed E-state index contributed by atoms with van der Waals surface area (Å²) in [7, 11) is 4.88. The molecule has 3 aromatic heterocycles. The van der Waals surface area contributed by atoms with Crippen LogP contribution >= 0.6 is 0 Å². The Balaban J connectivity index is 1.87. The second-order valence-corrected chi connectivity index (χ2v) is 6.30. The monoisotopic (exact) mass is 388 g/mol. The zero-order chi connectivity index (χ0) is 20.3. The van der Waals surface area contributed by atoms with Crippen LogP contribution in [0.25, 0.3) is 16.8 Å². The quantitative estimate of drug-likeness (QED) is 0.664. The fraction of sp³-hybridized carbons (Fsp3) is 0.333. The molecular formula is C18H21FN6O3. The van der Waals surface area contributed by atoms with E-state index in [1.54, 1.807) is 16.9 Å². The van der Waals surface area contributed by atoms with Crippen LogP contribution in [0.15, 0.2) is 30.7 Å². The Kier molecular flexibility index (Phi) is 5.57. The van der Waals surface area contributed by atoms with Crippen molar-refractivity contribution in [3.05, 3.63) is 36.5 Å². The van der Waals surface area contributed by atoms with Crippen molar-refractivity contribution in [2.45, 2.75) is 6.42 Å². The van der Waals surface area contributed by atoms with Gasteiger partial charge in [0.15, 0.2) is 5.65 Å². The SMILES string of the molecule is COc1ncc(F)cc1-c1cnn2ccc(N(C)CCCN(C)C(=O)O)nc12. The van der Waals surface area contributed by atoms with Gasteiger partial charge in [-0.2, -0.15) is 5.10 Å². The maximum absolute atomic E-state index is 13.7. The summed E-state index contributed by atoms with van der Waals surface area (Å²) < 4.78 is 20.6. The number of rotatable bonds is 7. The van der Waals surface area contributed by atoms with E-state index in [1.807, 2.05) is 18.0 Å². The molecule has 0 aliphatic carbocycles. The number of carboxylic acid groups (broad SMARTS) is 1. The molecule has 9 nitrogen and oxygen atoms in total. The number of hydrogen-bond donors (Lipinski definition) is 1. The summed E-state index contributed by atoms with van der Waals surface area (Å²) in [6.45, 7) is 1.04. The lowest BCUT2D eigenvalue weighted by atomic mass is 10.1. The number of methoxy groups -OCH3 is 1. The van der Waals surface area contributed by atoms with E-state index in [1.165, 1.54) is 25.1 Å². The van der Waals surface area contributed by atoms with E-state index < -0.39 is 11.9 Å². The number of pyridine rings is 1. The van der Waals surface area contributed by atoms with Gasteiger partial charge in [-0.3, -0.25) is 0 Å². The fourth-order valence-corrected chi connectivity index (χ4v) is 2.80. The predicted octanol–water partition coefficient (Wildman–Crippen LogP) is 2.38. The molecule has 0 unspecified atom stereocenters. The molecule has 0 radical (unpaired) electrons. The highest BCUT2D eigenvalue weighted by Crippen LogP contribution is 2.31. The third-order valence-electron chi connectivity index (χ3n) is 4.36. The normalized spacial score (nSPS) is 10.9. The Hall–Kier alpha value is -3.43. The first kappa shape index (κ1) is 19.3. The van der Waals surface area contributed by atoms with Crippen LogP contribution in [0.3, 0.4) is 0 Å². The van der Waals surface area contributed by atoms with Crippen molar-refractivity contribution in [1.29, 1.82) is 0 Å². The molecule has 0 aliphatic heterocycles. The molecule has 0 aromatic carbocycles. The number of fused-ring (bicyclic) bond motifs is 1. The summed E-state index contributed by atoms with van der Waals surface area (Å²) in [5, 5.41) is 13.2. The van der Waals surface area contributed by atoms with E-state index in [0.29, 0.717) is 42.1 Å². The smallest absolute Gasteiger partial charge is 0.407 e. The van der Waals surface area contributed by atoms with E-state index in [4.69, 9.17) is 9.84 Å². The molecular weight excluding hydrogens is 367 g/mol. The van der Waals surface area contributed by atoms with Gasteiger partial charge in [0, 0.05) is 33.4 Å². The molecule has 0 aliphatic rings. The molecule has 148 valence electrons. The Morgan fingerprint density at radius 1 is 1.29 bits per heavy atom. The fourth-order valence-electron chi connectivity index (χ4n) is 2.80. The van der Waals surface area contributed by atoms with Gasteiger partial charge in [-0.25, -0.2) is 23.7 Å². The average Bonchev–Trinajstić information content (AvgIpc) is 3.10. The summed E-state index contributed by atoms with van der Waals surface area (Å²) >= 11 is 0. The van der Waals surface area contributed by atoms with Gasteiger partial charge in [-0.15, -0.1) is 0 Å². The largest absolute Gasteiger partial charge is 0.481 e. The number of amides is 1. The number of carbonyl (C=O) groups is 1. The van der Waals surface area contributed by atoms with Crippen LogP contribution in [0.5, 0.6) is 5.88 Å². The first-order valence-corrected chi connectivity index (χ1v) is 8.60. The molecule has 0 bridgehead atoms. The first-order chi connectivity index (χ1) is 13.4. The van der Waals surface area contributed by atoms with E-state index in [2.05, 4.69) is 15.1 Å². The lowest BCUT2D eigenvalue weighted by Gasteiger charge is -2.20. The van der Waals surface area contributed by atoms with Crippen molar-refractivity contribution >= 4 is 17.6 Å². The maximum Gasteiger partial charge on any atom is 0.407 e. The van der Waals surface area contributed by atoms with Crippen LogP contribution in [0.1, 0.15) is 6.42 Å². The number of anilines is 1. The molecule has 10 heteroatoms. The minimum Gasteiger partial charge on any atom is -0.481 e. The lowest BCUT2D eigenvalue weighted by Crippen LogP contribution is -2.29. The molecule has 3 aromatic rings. The molecule has 0 atom stereocenters. The average molecular weight is 388 g/mol. The Labute approximate surface area is 161 Å². The predicted molar refractivity (Wildman–Crippen MR) is 101 cm³/mol. The Morgan fingerprint density at radius 2 is 2.07 bits per heavy atom. The summed E-state index contributed by atoms with van der Waals surface area (Å²) in [5.41, 5.74) is 1.61. The minimum absolute atomic E-state index is 0.286. The standard InChI is InChI=1S/C18H21FN6O3/c1-23(6-4-7-24(2)18(26)27)15-5-8-25-16(22-15)14(11-21-25)13-9-12(19)10-20-17(13)28-3/h5,8-11H,4,6-7H2,1-3H3,(H,26,27). The Morgan fingerprint density at radius 3 is 2.79 bits per heavy atom. The highest BCUT2D eigenvalue weighted by atomic mass is 19.1. The van der Waals surface area contributed by atoms with Crippen LogP contribution in [0.4, 0.5) is 15.0 Å². The van der Waals surface area contributed by atoms with Gasteiger partial charge in [-0.1, -0.05) is 0 Å². The van der Waals surface area contributed by atoms with Crippen molar-refractivity contribution in [3.8, 4) is 17.0 Å². The van der Waals surface area contributed by atoms with Gasteiger partial charge in [0.25, 0.3) is 0 Å². The summed E-state index contributed by atoms with van der Waals surface area (Å²) in [5.74, 6) is 0.495. The zero-order valence-corrected chi connectivity index (χ0v) is 15.8. The topological polar surface area (TPSA) is 96.1 Å². The Bertz CT molecular complexity index is 993. The van der Waals surface area contributed by atoms with Gasteiger partial charge in [0.05, 0.1) is 30.6 Å². The van der Waals surface area contributed by atoms with Crippen LogP contribution in [0, 0.1) is 5.82 Å². The molecule has 0 saturated carbocycles. The van der Waals surface area contributed by atoms with Crippen LogP contribution in [-0.4, -0.2) is 70.0 Å². The second-order valence-electron chi connectivity index (χ2n) is 6.30. The summed E-state index contributed by atoms with van der Waals surface area (Å²) in [4.78, 5) is 22.6. The molecule has 1 N–H and O–H groups in total. The molecule has 3 heterocycles. The molecule has 1 amide bonds. The van der Waals surface area contributed by atoms with Gasteiger partial charge in [-0.05, 0) is 18.6 Å². The number of ether oxygens (including phenoxy) is 1.